The van der Waals surface area contributed by atoms with E-state index in [4.69, 9.17) is 4.42 Å². The molecule has 96 valence electrons. The number of nitrogens with one attached hydrogen (secondary N) is 1. The van der Waals surface area contributed by atoms with Crippen molar-refractivity contribution in [2.45, 2.75) is 32.2 Å². The molecular weight excluding hydrogens is 224 g/mol. The zero-order valence-electron chi connectivity index (χ0n) is 11.0. The topological polar surface area (TPSA) is 38.1 Å². The summed E-state index contributed by atoms with van der Waals surface area (Å²) in [4.78, 5) is 4.44. The average molecular weight is 244 g/mol. The molecule has 0 fully saturated rings. The standard InChI is InChI=1S/C15H20N2O/c1-3-9-17-15(14-8-6-11-18-14)12(2)13-7-4-5-10-16-13/h4-8,10-12,15,17H,3,9H2,1-2H3. The molecule has 1 N–H and O–H groups in total. The van der Waals surface area contributed by atoms with Crippen LogP contribution in [0.15, 0.2) is 47.2 Å². The Hall–Kier alpha value is -1.61. The van der Waals surface area contributed by atoms with E-state index in [1.165, 1.54) is 0 Å². The van der Waals surface area contributed by atoms with Gasteiger partial charge in [-0.1, -0.05) is 19.9 Å². The maximum Gasteiger partial charge on any atom is 0.121 e. The summed E-state index contributed by atoms with van der Waals surface area (Å²) in [7, 11) is 0. The lowest BCUT2D eigenvalue weighted by atomic mass is 9.95. The highest BCUT2D eigenvalue weighted by Crippen LogP contribution is 2.29. The van der Waals surface area contributed by atoms with Crippen LogP contribution in [-0.4, -0.2) is 11.5 Å². The molecule has 2 unspecified atom stereocenters. The van der Waals surface area contributed by atoms with Crippen molar-refractivity contribution in [3.63, 3.8) is 0 Å². The maximum absolute atomic E-state index is 5.55. The summed E-state index contributed by atoms with van der Waals surface area (Å²) in [6, 6.07) is 10.2. The van der Waals surface area contributed by atoms with Crippen molar-refractivity contribution in [3.05, 3.63) is 54.2 Å². The first-order valence-corrected chi connectivity index (χ1v) is 6.50. The Labute approximate surface area is 108 Å². The molecule has 0 aliphatic heterocycles. The molecule has 0 amide bonds. The molecule has 0 spiro atoms. The summed E-state index contributed by atoms with van der Waals surface area (Å²) in [6.07, 6.45) is 4.66. The number of aromatic nitrogens is 1. The molecule has 2 rings (SSSR count). The van der Waals surface area contributed by atoms with E-state index in [0.29, 0.717) is 0 Å². The van der Waals surface area contributed by atoms with Gasteiger partial charge in [0.25, 0.3) is 0 Å². The molecule has 0 aromatic carbocycles. The Morgan fingerprint density at radius 2 is 2.17 bits per heavy atom. The van der Waals surface area contributed by atoms with E-state index in [0.717, 1.165) is 24.4 Å². The third kappa shape index (κ3) is 2.99. The third-order valence-electron chi connectivity index (χ3n) is 3.12. The molecule has 0 aliphatic carbocycles. The van der Waals surface area contributed by atoms with Gasteiger partial charge in [-0.25, -0.2) is 0 Å². The van der Waals surface area contributed by atoms with E-state index in [9.17, 15) is 0 Å². The Bertz CT molecular complexity index is 439. The minimum Gasteiger partial charge on any atom is -0.468 e. The smallest absolute Gasteiger partial charge is 0.121 e. The van der Waals surface area contributed by atoms with Crippen LogP contribution in [0.2, 0.25) is 0 Å². The van der Waals surface area contributed by atoms with Gasteiger partial charge in [0.15, 0.2) is 0 Å². The Morgan fingerprint density at radius 1 is 1.28 bits per heavy atom. The normalized spacial score (nSPS) is 14.3. The second-order valence-corrected chi connectivity index (χ2v) is 4.49. The number of hydrogen-bond donors (Lipinski definition) is 1. The lowest BCUT2D eigenvalue weighted by Crippen LogP contribution is -2.26. The minimum atomic E-state index is 0.176. The molecular formula is C15H20N2O. The second kappa shape index (κ2) is 6.36. The van der Waals surface area contributed by atoms with Gasteiger partial charge in [0.2, 0.25) is 0 Å². The number of nitrogens with zero attached hydrogens (tertiary/aromatic N) is 1. The van der Waals surface area contributed by atoms with Crippen molar-refractivity contribution < 1.29 is 4.42 Å². The van der Waals surface area contributed by atoms with Gasteiger partial charge in [-0.2, -0.15) is 0 Å². The van der Waals surface area contributed by atoms with E-state index in [-0.39, 0.29) is 12.0 Å². The van der Waals surface area contributed by atoms with Gasteiger partial charge in [-0.15, -0.1) is 0 Å². The molecule has 2 aromatic rings. The van der Waals surface area contributed by atoms with Crippen molar-refractivity contribution in [3.8, 4) is 0 Å². The molecule has 3 nitrogen and oxygen atoms in total. The highest BCUT2D eigenvalue weighted by Gasteiger charge is 2.23. The highest BCUT2D eigenvalue weighted by molar-refractivity contribution is 5.16. The van der Waals surface area contributed by atoms with E-state index in [2.05, 4.69) is 30.2 Å². The van der Waals surface area contributed by atoms with Crippen molar-refractivity contribution >= 4 is 0 Å². The van der Waals surface area contributed by atoms with E-state index < -0.39 is 0 Å². The van der Waals surface area contributed by atoms with Crippen LogP contribution in [0.5, 0.6) is 0 Å². The van der Waals surface area contributed by atoms with Crippen molar-refractivity contribution in [2.24, 2.45) is 0 Å². The van der Waals surface area contributed by atoms with Gasteiger partial charge in [0, 0.05) is 17.8 Å². The van der Waals surface area contributed by atoms with Gasteiger partial charge in [0.05, 0.1) is 12.3 Å². The van der Waals surface area contributed by atoms with Gasteiger partial charge in [-0.3, -0.25) is 4.98 Å². The zero-order valence-corrected chi connectivity index (χ0v) is 11.0. The molecule has 2 aromatic heterocycles. The molecule has 0 saturated heterocycles. The van der Waals surface area contributed by atoms with Gasteiger partial charge in [0.1, 0.15) is 5.76 Å². The molecule has 2 heterocycles. The van der Waals surface area contributed by atoms with Gasteiger partial charge < -0.3 is 9.73 Å². The van der Waals surface area contributed by atoms with Crippen LogP contribution < -0.4 is 5.32 Å². The number of pyridine rings is 1. The first-order valence-electron chi connectivity index (χ1n) is 6.50. The fourth-order valence-corrected chi connectivity index (χ4v) is 2.11. The summed E-state index contributed by atoms with van der Waals surface area (Å²) in [6.45, 7) is 5.32. The first kappa shape index (κ1) is 12.8. The molecule has 0 radical (unpaired) electrons. The zero-order chi connectivity index (χ0) is 12.8. The average Bonchev–Trinajstić information content (AvgIpc) is 2.94. The number of hydrogen-bond acceptors (Lipinski definition) is 3. The van der Waals surface area contributed by atoms with E-state index in [1.807, 2.05) is 30.5 Å². The summed E-state index contributed by atoms with van der Waals surface area (Å²) in [5.41, 5.74) is 1.09. The second-order valence-electron chi connectivity index (χ2n) is 4.49. The third-order valence-corrected chi connectivity index (χ3v) is 3.12. The lowest BCUT2D eigenvalue weighted by Gasteiger charge is -2.23. The highest BCUT2D eigenvalue weighted by atomic mass is 16.3. The SMILES string of the molecule is CCCNC(c1ccco1)C(C)c1ccccn1. The van der Waals surface area contributed by atoms with Gasteiger partial charge >= 0.3 is 0 Å². The fraction of sp³-hybridized carbons (Fsp3) is 0.400. The van der Waals surface area contributed by atoms with Crippen molar-refractivity contribution in [2.75, 3.05) is 6.54 Å². The monoisotopic (exact) mass is 244 g/mol. The van der Waals surface area contributed by atoms with E-state index >= 15 is 0 Å². The molecule has 0 aliphatic rings. The van der Waals surface area contributed by atoms with Crippen LogP contribution in [0.3, 0.4) is 0 Å². The van der Waals surface area contributed by atoms with Crippen LogP contribution >= 0.6 is 0 Å². The quantitative estimate of drug-likeness (QED) is 0.845. The van der Waals surface area contributed by atoms with Crippen LogP contribution in [0.1, 0.15) is 43.7 Å². The number of rotatable bonds is 6. The van der Waals surface area contributed by atoms with Crippen LogP contribution in [-0.2, 0) is 0 Å². The predicted molar refractivity (Wildman–Crippen MR) is 72.4 cm³/mol. The molecule has 0 saturated carbocycles. The Balaban J connectivity index is 2.18. The maximum atomic E-state index is 5.55. The minimum absolute atomic E-state index is 0.176. The molecule has 0 bridgehead atoms. The predicted octanol–water partition coefficient (Wildman–Crippen LogP) is 3.52. The van der Waals surface area contributed by atoms with Crippen molar-refractivity contribution in [1.29, 1.82) is 0 Å². The lowest BCUT2D eigenvalue weighted by molar-refractivity contribution is 0.373. The van der Waals surface area contributed by atoms with Crippen molar-refractivity contribution in [1.82, 2.24) is 10.3 Å². The molecule has 2 atom stereocenters. The Morgan fingerprint density at radius 3 is 2.78 bits per heavy atom. The van der Waals surface area contributed by atoms with Gasteiger partial charge in [-0.05, 0) is 37.2 Å². The summed E-state index contributed by atoms with van der Waals surface area (Å²) >= 11 is 0. The van der Waals surface area contributed by atoms with Crippen LogP contribution in [0.4, 0.5) is 0 Å². The summed E-state index contributed by atoms with van der Waals surface area (Å²) < 4.78 is 5.55. The Kier molecular flexibility index (Phi) is 4.53. The first-order chi connectivity index (χ1) is 8.83. The molecule has 18 heavy (non-hydrogen) atoms. The van der Waals surface area contributed by atoms with E-state index in [1.54, 1.807) is 6.26 Å². The van der Waals surface area contributed by atoms with Crippen LogP contribution in [0.25, 0.3) is 0 Å². The summed E-state index contributed by atoms with van der Waals surface area (Å²) in [5.74, 6) is 1.26. The van der Waals surface area contributed by atoms with Crippen LogP contribution in [0, 0.1) is 0 Å². The summed E-state index contributed by atoms with van der Waals surface area (Å²) in [5, 5.41) is 3.54. The molecule has 3 heteroatoms. The number of furan rings is 1. The fourth-order valence-electron chi connectivity index (χ4n) is 2.11. The largest absolute Gasteiger partial charge is 0.468 e.